The van der Waals surface area contributed by atoms with Gasteiger partial charge in [0.2, 0.25) is 10.0 Å². The lowest BCUT2D eigenvalue weighted by molar-refractivity contribution is 0.594. The van der Waals surface area contributed by atoms with Crippen molar-refractivity contribution in [2.24, 2.45) is 0 Å². The molecular weight excluding hydrogens is 198 g/mol. The Balaban J connectivity index is 2.59. The first-order valence-corrected chi connectivity index (χ1v) is 6.25. The van der Waals surface area contributed by atoms with Crippen molar-refractivity contribution in [1.82, 2.24) is 0 Å². The zero-order valence-corrected chi connectivity index (χ0v) is 9.13. The third kappa shape index (κ3) is 1.30. The van der Waals surface area contributed by atoms with E-state index < -0.39 is 10.0 Å². The summed E-state index contributed by atoms with van der Waals surface area (Å²) in [6.07, 6.45) is 0. The highest BCUT2D eigenvalue weighted by Gasteiger charge is 2.31. The van der Waals surface area contributed by atoms with Crippen LogP contribution in [0.1, 0.15) is 18.1 Å². The van der Waals surface area contributed by atoms with Gasteiger partial charge in [-0.1, -0.05) is 17.7 Å². The first-order chi connectivity index (χ1) is 6.54. The van der Waals surface area contributed by atoms with Crippen molar-refractivity contribution in [3.63, 3.8) is 0 Å². The first-order valence-electron chi connectivity index (χ1n) is 4.64. The van der Waals surface area contributed by atoms with E-state index >= 15 is 0 Å². The summed E-state index contributed by atoms with van der Waals surface area (Å²) < 4.78 is 24.8. The highest BCUT2D eigenvalue weighted by Crippen LogP contribution is 2.33. The van der Waals surface area contributed by atoms with Gasteiger partial charge in [-0.3, -0.25) is 4.31 Å². The third-order valence-electron chi connectivity index (χ3n) is 2.46. The van der Waals surface area contributed by atoms with Gasteiger partial charge in [0, 0.05) is 6.54 Å². The van der Waals surface area contributed by atoms with Crippen LogP contribution in [-0.2, 0) is 15.8 Å². The zero-order valence-electron chi connectivity index (χ0n) is 8.32. The topological polar surface area (TPSA) is 37.4 Å². The molecule has 1 aromatic carbocycles. The van der Waals surface area contributed by atoms with Crippen LogP contribution >= 0.6 is 0 Å². The molecule has 3 nitrogen and oxygen atoms in total. The molecule has 0 saturated heterocycles. The normalized spacial score (nSPS) is 18.3. The van der Waals surface area contributed by atoms with E-state index in [0.717, 1.165) is 16.8 Å². The molecule has 4 heteroatoms. The van der Waals surface area contributed by atoms with Crippen LogP contribution in [0.4, 0.5) is 5.69 Å². The summed E-state index contributed by atoms with van der Waals surface area (Å²) in [5.41, 5.74) is 2.88. The Morgan fingerprint density at radius 1 is 1.43 bits per heavy atom. The van der Waals surface area contributed by atoms with Crippen molar-refractivity contribution in [3.05, 3.63) is 29.3 Å². The summed E-state index contributed by atoms with van der Waals surface area (Å²) >= 11 is 0. The molecular formula is C10H13NO2S. The van der Waals surface area contributed by atoms with E-state index in [1.54, 1.807) is 0 Å². The standard InChI is InChI=1S/C10H13NO2S/c1-3-11-10-5-4-8(2)6-9(10)7-14(11,12)13/h4-6H,3,7H2,1-2H3. The quantitative estimate of drug-likeness (QED) is 0.708. The van der Waals surface area contributed by atoms with Gasteiger partial charge in [0.05, 0.1) is 11.4 Å². The number of benzene rings is 1. The molecule has 76 valence electrons. The van der Waals surface area contributed by atoms with Crippen molar-refractivity contribution in [2.45, 2.75) is 19.6 Å². The molecule has 1 aliphatic heterocycles. The monoisotopic (exact) mass is 211 g/mol. The van der Waals surface area contributed by atoms with E-state index in [2.05, 4.69) is 0 Å². The number of aryl methyl sites for hydroxylation is 1. The number of fused-ring (bicyclic) bond motifs is 1. The maximum atomic E-state index is 11.7. The molecule has 2 rings (SSSR count). The SMILES string of the molecule is CCN1c2ccc(C)cc2CS1(=O)=O. The van der Waals surface area contributed by atoms with Crippen LogP contribution in [0.3, 0.4) is 0 Å². The van der Waals surface area contributed by atoms with Crippen molar-refractivity contribution in [3.8, 4) is 0 Å². The molecule has 0 radical (unpaired) electrons. The van der Waals surface area contributed by atoms with Gasteiger partial charge < -0.3 is 0 Å². The molecule has 1 aliphatic rings. The Kier molecular flexibility index (Phi) is 2.03. The van der Waals surface area contributed by atoms with Crippen LogP contribution in [0, 0.1) is 6.92 Å². The maximum Gasteiger partial charge on any atom is 0.239 e. The fourth-order valence-corrected chi connectivity index (χ4v) is 3.52. The average Bonchev–Trinajstić information content (AvgIpc) is 2.33. The number of nitrogens with zero attached hydrogens (tertiary/aromatic N) is 1. The first kappa shape index (κ1) is 9.52. The minimum absolute atomic E-state index is 0.151. The third-order valence-corrected chi connectivity index (χ3v) is 4.27. The average molecular weight is 211 g/mol. The smallest absolute Gasteiger partial charge is 0.239 e. The largest absolute Gasteiger partial charge is 0.270 e. The minimum atomic E-state index is -3.08. The summed E-state index contributed by atoms with van der Waals surface area (Å²) in [6, 6.07) is 5.78. The molecule has 1 aromatic rings. The summed E-state index contributed by atoms with van der Waals surface area (Å²) in [6.45, 7) is 4.34. The van der Waals surface area contributed by atoms with Gasteiger partial charge in [-0.25, -0.2) is 8.42 Å². The van der Waals surface area contributed by atoms with E-state index in [-0.39, 0.29) is 5.75 Å². The second-order valence-corrected chi connectivity index (χ2v) is 5.45. The van der Waals surface area contributed by atoms with Crippen LogP contribution in [-0.4, -0.2) is 15.0 Å². The van der Waals surface area contributed by atoms with Crippen LogP contribution in [0.25, 0.3) is 0 Å². The summed E-state index contributed by atoms with van der Waals surface area (Å²) in [4.78, 5) is 0. The summed E-state index contributed by atoms with van der Waals surface area (Å²) in [7, 11) is -3.08. The Bertz CT molecular complexity index is 465. The summed E-state index contributed by atoms with van der Waals surface area (Å²) in [5.74, 6) is 0.151. The highest BCUT2D eigenvalue weighted by molar-refractivity contribution is 7.92. The van der Waals surface area contributed by atoms with Gasteiger partial charge in [0.15, 0.2) is 0 Å². The lowest BCUT2D eigenvalue weighted by atomic mass is 10.1. The molecule has 0 aromatic heterocycles. The Hall–Kier alpha value is -1.03. The van der Waals surface area contributed by atoms with Crippen molar-refractivity contribution in [1.29, 1.82) is 0 Å². The lowest BCUT2D eigenvalue weighted by Crippen LogP contribution is -2.25. The molecule has 0 saturated carbocycles. The Morgan fingerprint density at radius 3 is 2.79 bits per heavy atom. The lowest BCUT2D eigenvalue weighted by Gasteiger charge is -2.15. The molecule has 1 heterocycles. The number of rotatable bonds is 1. The van der Waals surface area contributed by atoms with Gasteiger partial charge in [0.1, 0.15) is 0 Å². The van der Waals surface area contributed by atoms with Gasteiger partial charge in [0.25, 0.3) is 0 Å². The van der Waals surface area contributed by atoms with Crippen molar-refractivity contribution < 1.29 is 8.42 Å². The molecule has 0 amide bonds. The fourth-order valence-electron chi connectivity index (χ4n) is 1.86. The molecule has 0 spiro atoms. The van der Waals surface area contributed by atoms with Crippen LogP contribution in [0.5, 0.6) is 0 Å². The number of hydrogen-bond acceptors (Lipinski definition) is 2. The predicted octanol–water partition coefficient (Wildman–Crippen LogP) is 1.66. The maximum absolute atomic E-state index is 11.7. The number of sulfonamides is 1. The van der Waals surface area contributed by atoms with Gasteiger partial charge in [-0.05, 0) is 25.5 Å². The van der Waals surface area contributed by atoms with Gasteiger partial charge in [-0.2, -0.15) is 0 Å². The predicted molar refractivity (Wildman–Crippen MR) is 56.8 cm³/mol. The van der Waals surface area contributed by atoms with Crippen LogP contribution in [0.15, 0.2) is 18.2 Å². The highest BCUT2D eigenvalue weighted by atomic mass is 32.2. The Morgan fingerprint density at radius 2 is 2.14 bits per heavy atom. The minimum Gasteiger partial charge on any atom is -0.270 e. The second-order valence-electron chi connectivity index (χ2n) is 3.55. The van der Waals surface area contributed by atoms with Crippen molar-refractivity contribution >= 4 is 15.7 Å². The molecule has 0 N–H and O–H groups in total. The van der Waals surface area contributed by atoms with Gasteiger partial charge >= 0.3 is 0 Å². The van der Waals surface area contributed by atoms with E-state index in [1.807, 2.05) is 32.0 Å². The summed E-state index contributed by atoms with van der Waals surface area (Å²) in [5, 5.41) is 0. The molecule has 0 bridgehead atoms. The van der Waals surface area contributed by atoms with E-state index in [9.17, 15) is 8.42 Å². The van der Waals surface area contributed by atoms with E-state index in [4.69, 9.17) is 0 Å². The molecule has 14 heavy (non-hydrogen) atoms. The van der Waals surface area contributed by atoms with Crippen LogP contribution in [0.2, 0.25) is 0 Å². The van der Waals surface area contributed by atoms with Gasteiger partial charge in [-0.15, -0.1) is 0 Å². The van der Waals surface area contributed by atoms with E-state index in [0.29, 0.717) is 6.54 Å². The van der Waals surface area contributed by atoms with Crippen molar-refractivity contribution in [2.75, 3.05) is 10.8 Å². The van der Waals surface area contributed by atoms with Crippen LogP contribution < -0.4 is 4.31 Å². The number of hydrogen-bond donors (Lipinski definition) is 0. The molecule has 0 aliphatic carbocycles. The Labute approximate surface area is 84.4 Å². The molecule has 0 fully saturated rings. The molecule has 0 unspecified atom stereocenters. The number of anilines is 1. The zero-order chi connectivity index (χ0) is 10.3. The molecule has 0 atom stereocenters. The second kappa shape index (κ2) is 2.98. The fraction of sp³-hybridized carbons (Fsp3) is 0.400. The van der Waals surface area contributed by atoms with E-state index in [1.165, 1.54) is 4.31 Å².